The molecule has 3 amide bonds. The number of benzene rings is 2. The summed E-state index contributed by atoms with van der Waals surface area (Å²) in [5.74, 6) is -1.52. The van der Waals surface area contributed by atoms with Crippen LogP contribution in [-0.4, -0.2) is 68.5 Å². The van der Waals surface area contributed by atoms with Crippen molar-refractivity contribution in [2.24, 2.45) is 5.16 Å². The van der Waals surface area contributed by atoms with Gasteiger partial charge in [-0.15, -0.1) is 23.1 Å². The highest BCUT2D eigenvalue weighted by Crippen LogP contribution is 2.45. The number of carbonyl (C=O) groups is 4. The van der Waals surface area contributed by atoms with Crippen molar-refractivity contribution in [2.45, 2.75) is 17.5 Å². The predicted molar refractivity (Wildman–Crippen MR) is 198 cm³/mol. The topological polar surface area (TPSA) is 152 Å². The van der Waals surface area contributed by atoms with Crippen LogP contribution in [0.25, 0.3) is 6.08 Å². The summed E-state index contributed by atoms with van der Waals surface area (Å²) in [5.41, 5.74) is 2.46. The fourth-order valence-corrected chi connectivity index (χ4v) is 8.16. The number of nitrogens with zero attached hydrogens (tertiary/aromatic N) is 4. The van der Waals surface area contributed by atoms with Gasteiger partial charge < -0.3 is 20.2 Å². The van der Waals surface area contributed by atoms with Crippen LogP contribution in [0.3, 0.4) is 0 Å². The first kappa shape index (κ1) is 35.3. The van der Waals surface area contributed by atoms with Crippen LogP contribution >= 0.6 is 34.9 Å². The number of aromatic nitrogens is 2. The van der Waals surface area contributed by atoms with E-state index in [1.165, 1.54) is 39.9 Å². The Bertz CT molecular complexity index is 1950. The monoisotopic (exact) mass is 738 g/mol. The second kappa shape index (κ2) is 16.9. The van der Waals surface area contributed by atoms with E-state index in [1.54, 1.807) is 12.4 Å². The highest BCUT2D eigenvalue weighted by atomic mass is 32.2. The van der Waals surface area contributed by atoms with E-state index in [-0.39, 0.29) is 28.8 Å². The molecular formula is C36H30N6O6S3. The number of hydrogen-bond acceptors (Lipinski definition) is 12. The van der Waals surface area contributed by atoms with Crippen LogP contribution in [0.2, 0.25) is 0 Å². The number of thioether (sulfide) groups is 2. The molecule has 0 aliphatic carbocycles. The van der Waals surface area contributed by atoms with Gasteiger partial charge in [0.25, 0.3) is 11.8 Å². The molecule has 1 fully saturated rings. The molecule has 0 radical (unpaired) electrons. The fourth-order valence-electron chi connectivity index (χ4n) is 5.16. The van der Waals surface area contributed by atoms with Gasteiger partial charge in [-0.25, -0.2) is 9.78 Å². The number of oxime groups is 1. The number of thiazole rings is 1. The van der Waals surface area contributed by atoms with Crippen LogP contribution < -0.4 is 10.6 Å². The summed E-state index contributed by atoms with van der Waals surface area (Å²) in [6.07, 6.45) is 6.45. The molecule has 12 nitrogen and oxygen atoms in total. The average Bonchev–Trinajstić information content (AvgIpc) is 3.63. The van der Waals surface area contributed by atoms with Gasteiger partial charge >= 0.3 is 5.97 Å². The largest absolute Gasteiger partial charge is 0.448 e. The molecule has 0 bridgehead atoms. The van der Waals surface area contributed by atoms with Gasteiger partial charge in [0.15, 0.2) is 16.9 Å². The maximum atomic E-state index is 14.3. The molecule has 1 unspecified atom stereocenters. The summed E-state index contributed by atoms with van der Waals surface area (Å²) in [4.78, 5) is 68.2. The third-order valence-corrected chi connectivity index (χ3v) is 10.6. The Kier molecular flexibility index (Phi) is 11.7. The predicted octanol–water partition coefficient (Wildman–Crippen LogP) is 5.36. The molecule has 258 valence electrons. The van der Waals surface area contributed by atoms with Gasteiger partial charge in [-0.3, -0.25) is 24.3 Å². The molecule has 2 atom stereocenters. The Hall–Kier alpha value is -5.51. The van der Waals surface area contributed by atoms with Crippen molar-refractivity contribution in [2.75, 3.05) is 17.7 Å². The van der Waals surface area contributed by atoms with Crippen molar-refractivity contribution in [1.29, 1.82) is 0 Å². The van der Waals surface area contributed by atoms with E-state index in [2.05, 4.69) is 32.3 Å². The summed E-state index contributed by atoms with van der Waals surface area (Å²) in [6, 6.07) is 21.5. The second-order valence-corrected chi connectivity index (χ2v) is 13.7. The summed E-state index contributed by atoms with van der Waals surface area (Å²) in [7, 11) is 0. The molecule has 2 aliphatic rings. The molecule has 0 saturated carbocycles. The normalized spacial score (nSPS) is 17.1. The first-order valence-corrected chi connectivity index (χ1v) is 18.3. The molecule has 2 aliphatic heterocycles. The van der Waals surface area contributed by atoms with Gasteiger partial charge in [0.2, 0.25) is 6.41 Å². The SMILES string of the molecule is C=CCON=C(C(=O)NC1C(=O)N2C(C(=O)OC(c3ccccc3)c3ccccc3)=C(S/C=C\c3cccnc3)CS[C@H]12)c1csc(NC=O)n1. The summed E-state index contributed by atoms with van der Waals surface area (Å²) < 4.78 is 6.23. The van der Waals surface area contributed by atoms with E-state index in [1.807, 2.05) is 84.3 Å². The maximum absolute atomic E-state index is 14.3. The molecule has 15 heteroatoms. The number of nitrogens with one attached hydrogen (secondary N) is 2. The standard InChI is InChI=1S/C36H30N6O6S3/c1-2-17-47-41-28(26-20-51-36(39-26)38-22-43)32(44)40-29-33(45)42-30(27(21-50-34(29)42)49-18-15-23-10-9-16-37-19-23)35(46)48-31(24-11-5-3-6-12-24)25-13-7-4-8-14-25/h2-16,18-20,22,29,31,34H,1,17,21H2,(H,40,44)(H,38,39,43)/b18-15-,41-28?/t29?,34-/m1/s1. The lowest BCUT2D eigenvalue weighted by Gasteiger charge is -2.49. The first-order valence-electron chi connectivity index (χ1n) is 15.5. The van der Waals surface area contributed by atoms with E-state index in [4.69, 9.17) is 9.57 Å². The van der Waals surface area contributed by atoms with Crippen molar-refractivity contribution >= 4 is 76.0 Å². The van der Waals surface area contributed by atoms with Gasteiger partial charge in [0.1, 0.15) is 29.4 Å². The zero-order valence-electron chi connectivity index (χ0n) is 26.8. The highest BCUT2D eigenvalue weighted by Gasteiger charge is 2.55. The fraction of sp³-hybridized carbons (Fsp3) is 0.139. The van der Waals surface area contributed by atoms with Gasteiger partial charge in [0, 0.05) is 28.4 Å². The quantitative estimate of drug-likeness (QED) is 0.0310. The zero-order chi connectivity index (χ0) is 35.6. The van der Waals surface area contributed by atoms with Crippen molar-refractivity contribution in [1.82, 2.24) is 20.2 Å². The molecule has 2 aromatic carbocycles. The Morgan fingerprint density at radius 2 is 1.84 bits per heavy atom. The molecule has 4 aromatic rings. The van der Waals surface area contributed by atoms with Gasteiger partial charge in [-0.2, -0.15) is 0 Å². The van der Waals surface area contributed by atoms with Crippen LogP contribution in [-0.2, 0) is 28.8 Å². The lowest BCUT2D eigenvalue weighted by atomic mass is 10.0. The van der Waals surface area contributed by atoms with Gasteiger partial charge in [0.05, 0.1) is 0 Å². The number of esters is 1. The smallest absolute Gasteiger partial charge is 0.356 e. The van der Waals surface area contributed by atoms with Crippen LogP contribution in [0.15, 0.2) is 124 Å². The Balaban J connectivity index is 1.28. The number of hydrogen-bond donors (Lipinski definition) is 2. The summed E-state index contributed by atoms with van der Waals surface area (Å²) in [5, 5.41) is 12.1. The average molecular weight is 739 g/mol. The van der Waals surface area contributed by atoms with E-state index in [9.17, 15) is 19.2 Å². The number of anilines is 1. The molecule has 4 heterocycles. The third kappa shape index (κ3) is 8.28. The van der Waals surface area contributed by atoms with E-state index >= 15 is 0 Å². The van der Waals surface area contributed by atoms with E-state index < -0.39 is 35.3 Å². The maximum Gasteiger partial charge on any atom is 0.356 e. The van der Waals surface area contributed by atoms with Gasteiger partial charge in [-0.05, 0) is 34.2 Å². The van der Waals surface area contributed by atoms with Crippen LogP contribution in [0.4, 0.5) is 5.13 Å². The zero-order valence-corrected chi connectivity index (χ0v) is 29.2. The molecule has 0 spiro atoms. The Labute approximate surface area is 305 Å². The van der Waals surface area contributed by atoms with Crippen molar-refractivity contribution in [3.8, 4) is 0 Å². The van der Waals surface area contributed by atoms with Crippen LogP contribution in [0, 0.1) is 0 Å². The summed E-state index contributed by atoms with van der Waals surface area (Å²) >= 11 is 3.80. The molecule has 1 saturated heterocycles. The van der Waals surface area contributed by atoms with Crippen LogP contribution in [0.1, 0.15) is 28.5 Å². The number of amides is 3. The number of pyridine rings is 1. The summed E-state index contributed by atoms with van der Waals surface area (Å²) in [6.45, 7) is 3.60. The molecule has 2 aromatic heterocycles. The molecule has 51 heavy (non-hydrogen) atoms. The van der Waals surface area contributed by atoms with E-state index in [0.717, 1.165) is 28.0 Å². The number of carbonyl (C=O) groups excluding carboxylic acids is 4. The lowest BCUT2D eigenvalue weighted by molar-refractivity contribution is -0.154. The Morgan fingerprint density at radius 3 is 2.51 bits per heavy atom. The van der Waals surface area contributed by atoms with Crippen molar-refractivity contribution in [3.63, 3.8) is 0 Å². The van der Waals surface area contributed by atoms with Crippen molar-refractivity contribution in [3.05, 3.63) is 142 Å². The first-order chi connectivity index (χ1) is 25.0. The van der Waals surface area contributed by atoms with Crippen LogP contribution in [0.5, 0.6) is 0 Å². The number of rotatable bonds is 15. The van der Waals surface area contributed by atoms with Crippen molar-refractivity contribution < 1.29 is 28.8 Å². The minimum Gasteiger partial charge on any atom is -0.448 e. The number of ether oxygens (including phenoxy) is 1. The third-order valence-electron chi connectivity index (χ3n) is 7.49. The number of fused-ring (bicyclic) bond motifs is 1. The lowest BCUT2D eigenvalue weighted by Crippen LogP contribution is -2.71. The molecular weight excluding hydrogens is 709 g/mol. The molecule has 2 N–H and O–H groups in total. The minimum absolute atomic E-state index is 0.0217. The van der Waals surface area contributed by atoms with E-state index in [0.29, 0.717) is 17.1 Å². The Morgan fingerprint density at radius 1 is 1.10 bits per heavy atom. The minimum atomic E-state index is -0.988. The molecule has 6 rings (SSSR count). The number of β-lactam (4-membered cyclic amide) rings is 1. The second-order valence-electron chi connectivity index (χ2n) is 10.8. The van der Waals surface area contributed by atoms with Gasteiger partial charge in [-0.1, -0.05) is 96.3 Å². The highest BCUT2D eigenvalue weighted by molar-refractivity contribution is 8.08.